The van der Waals surface area contributed by atoms with Gasteiger partial charge in [0.1, 0.15) is 5.75 Å². The Morgan fingerprint density at radius 2 is 2.18 bits per heavy atom. The summed E-state index contributed by atoms with van der Waals surface area (Å²) in [5.41, 5.74) is 6.54. The largest absolute Gasteiger partial charge is 0.494 e. The van der Waals surface area contributed by atoms with E-state index in [1.165, 1.54) is 23.2 Å². The summed E-state index contributed by atoms with van der Waals surface area (Å²) in [5.74, 6) is 0.786. The van der Waals surface area contributed by atoms with Crippen LogP contribution in [0.3, 0.4) is 0 Å². The summed E-state index contributed by atoms with van der Waals surface area (Å²) in [5, 5.41) is 6.96. The molecule has 5 nitrogen and oxygen atoms in total. The summed E-state index contributed by atoms with van der Waals surface area (Å²) in [6.45, 7) is 8.11. The maximum Gasteiger partial charge on any atom is 0.252 e. The minimum atomic E-state index is -0.280. The van der Waals surface area contributed by atoms with Gasteiger partial charge < -0.3 is 20.3 Å². The molecule has 3 aliphatic rings. The molecule has 2 N–H and O–H groups in total. The number of ether oxygens (including phenoxy) is 1. The second-order valence-electron chi connectivity index (χ2n) is 10.0. The normalized spacial score (nSPS) is 21.8. The number of likely N-dealkylation sites (tertiary alicyclic amines) is 1. The number of amides is 1. The molecule has 2 aliphatic heterocycles. The molecule has 0 aromatic heterocycles. The topological polar surface area (TPSA) is 53.6 Å². The first-order valence-corrected chi connectivity index (χ1v) is 13.4. The van der Waals surface area contributed by atoms with Crippen molar-refractivity contribution >= 4 is 27.9 Å². The molecule has 0 bridgehead atoms. The molecule has 174 valence electrons. The van der Waals surface area contributed by atoms with Crippen molar-refractivity contribution in [1.29, 1.82) is 0 Å². The lowest BCUT2D eigenvalue weighted by atomic mass is 9.89. The first kappa shape index (κ1) is 22.2. The number of hydrogen-bond acceptors (Lipinski definition) is 4. The SMILES string of the molecule is C=Cc1cc2c(c(C3(NC(=O)c4cc(OC([SiH3])[C@@H]5CCN5C)ccc4C)CC3)c1)CCCN2. The van der Waals surface area contributed by atoms with Crippen LogP contribution in [0.1, 0.15) is 58.3 Å². The molecule has 0 radical (unpaired) electrons. The standard InChI is InChI=1S/C27H35N3O2Si/c1-4-18-14-22(20-6-5-12-28-23(20)15-18)27(10-11-27)29-25(31)21-16-19(8-7-17(21)2)32-26(33)24-9-13-30(24)3/h4,7-8,14-16,24,26,28H,1,5-6,9-13H2,2-3,33H3,(H,29,31)/t24-,26?/m0/s1. The van der Waals surface area contributed by atoms with Crippen LogP contribution in [-0.2, 0) is 12.0 Å². The number of carbonyl (C=O) groups is 1. The molecule has 33 heavy (non-hydrogen) atoms. The third kappa shape index (κ3) is 4.22. The molecule has 1 amide bonds. The zero-order chi connectivity index (χ0) is 23.2. The fourth-order valence-corrected chi connectivity index (χ4v) is 6.48. The third-order valence-electron chi connectivity index (χ3n) is 7.71. The Morgan fingerprint density at radius 1 is 1.36 bits per heavy atom. The average molecular weight is 462 g/mol. The van der Waals surface area contributed by atoms with Gasteiger partial charge in [-0.25, -0.2) is 0 Å². The van der Waals surface area contributed by atoms with Crippen molar-refractivity contribution in [2.75, 3.05) is 25.5 Å². The van der Waals surface area contributed by atoms with E-state index in [1.807, 2.05) is 31.2 Å². The summed E-state index contributed by atoms with van der Waals surface area (Å²) in [4.78, 5) is 15.9. The Labute approximate surface area is 200 Å². The number of anilines is 1. The van der Waals surface area contributed by atoms with E-state index in [4.69, 9.17) is 4.74 Å². The third-order valence-corrected chi connectivity index (χ3v) is 8.71. The smallest absolute Gasteiger partial charge is 0.252 e. The molecule has 6 heteroatoms. The van der Waals surface area contributed by atoms with E-state index in [0.717, 1.165) is 65.9 Å². The number of carbonyl (C=O) groups excluding carboxylic acids is 1. The van der Waals surface area contributed by atoms with Gasteiger partial charge in [0.2, 0.25) is 0 Å². The Morgan fingerprint density at radius 3 is 2.85 bits per heavy atom. The first-order valence-electron chi connectivity index (χ1n) is 12.2. The van der Waals surface area contributed by atoms with E-state index in [0.29, 0.717) is 11.6 Å². The predicted octanol–water partition coefficient (Wildman–Crippen LogP) is 3.19. The molecular formula is C27H35N3O2Si. The summed E-state index contributed by atoms with van der Waals surface area (Å²) in [7, 11) is 3.11. The van der Waals surface area contributed by atoms with Crippen molar-refractivity contribution in [2.24, 2.45) is 0 Å². The zero-order valence-corrected chi connectivity index (χ0v) is 22.0. The van der Waals surface area contributed by atoms with Gasteiger partial charge >= 0.3 is 0 Å². The van der Waals surface area contributed by atoms with Gasteiger partial charge in [-0.2, -0.15) is 0 Å². The van der Waals surface area contributed by atoms with E-state index in [2.05, 4.69) is 41.3 Å². The number of nitrogens with one attached hydrogen (secondary N) is 2. The molecule has 1 aliphatic carbocycles. The molecule has 2 aromatic rings. The van der Waals surface area contributed by atoms with Gasteiger partial charge in [0.05, 0.1) is 21.5 Å². The minimum absolute atomic E-state index is 0.0114. The highest BCUT2D eigenvalue weighted by atomic mass is 28.1. The Bertz CT molecular complexity index is 1100. The molecule has 1 unspecified atom stereocenters. The van der Waals surface area contributed by atoms with Crippen LogP contribution >= 0.6 is 0 Å². The van der Waals surface area contributed by atoms with Gasteiger partial charge in [0.15, 0.2) is 0 Å². The Kier molecular flexibility index (Phi) is 5.83. The average Bonchev–Trinajstić information content (AvgIpc) is 3.58. The number of aryl methyl sites for hydroxylation is 1. The predicted molar refractivity (Wildman–Crippen MR) is 138 cm³/mol. The van der Waals surface area contributed by atoms with Crippen LogP contribution < -0.4 is 15.4 Å². The maximum atomic E-state index is 13.5. The summed E-state index contributed by atoms with van der Waals surface area (Å²) in [6, 6.07) is 10.8. The maximum absolute atomic E-state index is 13.5. The lowest BCUT2D eigenvalue weighted by Crippen LogP contribution is -2.53. The van der Waals surface area contributed by atoms with E-state index >= 15 is 0 Å². The van der Waals surface area contributed by atoms with Gasteiger partial charge in [-0.1, -0.05) is 18.7 Å². The quantitative estimate of drug-likeness (QED) is 0.622. The highest BCUT2D eigenvalue weighted by Gasteiger charge is 2.47. The van der Waals surface area contributed by atoms with Crippen molar-refractivity contribution in [3.8, 4) is 5.75 Å². The lowest BCUT2D eigenvalue weighted by molar-refractivity contribution is 0.0562. The second kappa shape index (κ2) is 8.65. The van der Waals surface area contributed by atoms with Gasteiger partial charge in [-0.3, -0.25) is 4.79 Å². The van der Waals surface area contributed by atoms with Gasteiger partial charge in [0.25, 0.3) is 5.91 Å². The van der Waals surface area contributed by atoms with Crippen LogP contribution in [0.15, 0.2) is 36.9 Å². The molecule has 2 heterocycles. The van der Waals surface area contributed by atoms with Crippen LogP contribution in [0.2, 0.25) is 0 Å². The van der Waals surface area contributed by atoms with Crippen LogP contribution in [0.25, 0.3) is 6.08 Å². The highest BCUT2D eigenvalue weighted by molar-refractivity contribution is 6.11. The number of fused-ring (bicyclic) bond motifs is 1. The number of nitrogens with zero attached hydrogens (tertiary/aromatic N) is 1. The number of rotatable bonds is 7. The van der Waals surface area contributed by atoms with Crippen molar-refractivity contribution in [2.45, 2.75) is 56.3 Å². The van der Waals surface area contributed by atoms with Crippen LogP contribution in [0.5, 0.6) is 5.75 Å². The van der Waals surface area contributed by atoms with Gasteiger partial charge in [-0.15, -0.1) is 0 Å². The van der Waals surface area contributed by atoms with Crippen molar-refractivity contribution in [1.82, 2.24) is 10.2 Å². The van der Waals surface area contributed by atoms with Gasteiger partial charge in [0, 0.05) is 23.8 Å². The fourth-order valence-electron chi connectivity index (χ4n) is 5.37. The van der Waals surface area contributed by atoms with Crippen molar-refractivity contribution < 1.29 is 9.53 Å². The fraction of sp³-hybridized carbons (Fsp3) is 0.444. The van der Waals surface area contributed by atoms with Crippen LogP contribution in [-0.4, -0.2) is 53.0 Å². The highest BCUT2D eigenvalue weighted by Crippen LogP contribution is 2.49. The zero-order valence-electron chi connectivity index (χ0n) is 20.0. The second-order valence-corrected chi connectivity index (χ2v) is 11.1. The monoisotopic (exact) mass is 461 g/mol. The van der Waals surface area contributed by atoms with E-state index in [9.17, 15) is 4.79 Å². The minimum Gasteiger partial charge on any atom is -0.494 e. The molecule has 2 aromatic carbocycles. The van der Waals surface area contributed by atoms with Crippen LogP contribution in [0, 0.1) is 6.92 Å². The van der Waals surface area contributed by atoms with Gasteiger partial charge in [-0.05, 0) is 99.1 Å². The van der Waals surface area contributed by atoms with E-state index < -0.39 is 0 Å². The number of hydrogen-bond donors (Lipinski definition) is 2. The molecule has 5 rings (SSSR count). The molecule has 0 spiro atoms. The summed E-state index contributed by atoms with van der Waals surface area (Å²) >= 11 is 0. The molecule has 1 saturated carbocycles. The lowest BCUT2D eigenvalue weighted by Gasteiger charge is -2.41. The molecule has 2 atom stereocenters. The number of benzene rings is 2. The first-order chi connectivity index (χ1) is 15.9. The summed E-state index contributed by atoms with van der Waals surface area (Å²) < 4.78 is 6.29. The van der Waals surface area contributed by atoms with Crippen molar-refractivity contribution in [3.63, 3.8) is 0 Å². The Hall–Kier alpha value is -2.57. The van der Waals surface area contributed by atoms with Crippen LogP contribution in [0.4, 0.5) is 5.69 Å². The van der Waals surface area contributed by atoms with Crippen molar-refractivity contribution in [3.05, 3.63) is 64.7 Å². The van der Waals surface area contributed by atoms with E-state index in [-0.39, 0.29) is 17.2 Å². The Balaban J connectivity index is 1.38. The number of likely N-dealkylation sites (N-methyl/N-ethyl adjacent to an activating group) is 1. The summed E-state index contributed by atoms with van der Waals surface area (Å²) in [6.07, 6.45) is 7.19. The van der Waals surface area contributed by atoms with E-state index in [1.54, 1.807) is 0 Å². The molecular weight excluding hydrogens is 426 g/mol. The molecule has 2 fully saturated rings. The molecule has 1 saturated heterocycles.